The highest BCUT2D eigenvalue weighted by atomic mass is 35.5. The zero-order valence-corrected chi connectivity index (χ0v) is 14.8. The predicted octanol–water partition coefficient (Wildman–Crippen LogP) is 3.38. The van der Waals surface area contributed by atoms with Gasteiger partial charge in [0.1, 0.15) is 0 Å². The van der Waals surface area contributed by atoms with Crippen LogP contribution in [0.25, 0.3) is 0 Å². The first-order valence-electron chi connectivity index (χ1n) is 7.85. The minimum Gasteiger partial charge on any atom is -0.454 e. The van der Waals surface area contributed by atoms with E-state index in [1.807, 2.05) is 0 Å². The summed E-state index contributed by atoms with van der Waals surface area (Å²) < 4.78 is 41.6. The fourth-order valence-corrected chi connectivity index (χ4v) is 2.66. The van der Waals surface area contributed by atoms with Gasteiger partial charge >= 0.3 is 5.97 Å². The molecule has 1 aliphatic rings. The summed E-state index contributed by atoms with van der Waals surface area (Å²) in [6, 6.07) is 6.12. The molecular formula is C18H14ClF2NO5. The standard InChI is InChI=1S/C18H14ClF2NO5/c1-9(10-2-3-15-16(4-10)27-8-26-15)22-17(23)7-25-18(24)11-5-13(20)14(21)6-12(11)19/h2-6,9H,7-8H2,1H3,(H,22,23). The van der Waals surface area contributed by atoms with Gasteiger partial charge in [-0.2, -0.15) is 0 Å². The molecule has 2 aromatic carbocycles. The van der Waals surface area contributed by atoms with Crippen molar-refractivity contribution in [2.45, 2.75) is 13.0 Å². The molecule has 1 heterocycles. The van der Waals surface area contributed by atoms with E-state index in [2.05, 4.69) is 5.32 Å². The highest BCUT2D eigenvalue weighted by molar-refractivity contribution is 6.33. The Kier molecular flexibility index (Phi) is 5.46. The minimum atomic E-state index is -1.24. The Balaban J connectivity index is 1.56. The second-order valence-electron chi connectivity index (χ2n) is 5.72. The third-order valence-corrected chi connectivity index (χ3v) is 4.15. The van der Waals surface area contributed by atoms with Crippen molar-refractivity contribution in [2.75, 3.05) is 13.4 Å². The van der Waals surface area contributed by atoms with E-state index in [9.17, 15) is 18.4 Å². The molecule has 1 atom stereocenters. The predicted molar refractivity (Wildman–Crippen MR) is 90.8 cm³/mol. The fraction of sp³-hybridized carbons (Fsp3) is 0.222. The number of benzene rings is 2. The Bertz CT molecular complexity index is 906. The van der Waals surface area contributed by atoms with Gasteiger partial charge in [0, 0.05) is 0 Å². The molecule has 1 aliphatic heterocycles. The van der Waals surface area contributed by atoms with Crippen molar-refractivity contribution in [1.82, 2.24) is 5.32 Å². The zero-order valence-electron chi connectivity index (χ0n) is 14.1. The minimum absolute atomic E-state index is 0.141. The second-order valence-corrected chi connectivity index (χ2v) is 6.13. The third-order valence-electron chi connectivity index (χ3n) is 3.84. The van der Waals surface area contributed by atoms with Gasteiger partial charge in [-0.05, 0) is 36.8 Å². The van der Waals surface area contributed by atoms with Gasteiger partial charge in [0.05, 0.1) is 16.6 Å². The summed E-state index contributed by atoms with van der Waals surface area (Å²) >= 11 is 5.69. The average molecular weight is 398 g/mol. The number of hydrogen-bond donors (Lipinski definition) is 1. The maximum absolute atomic E-state index is 13.2. The van der Waals surface area contributed by atoms with Gasteiger partial charge in [0.15, 0.2) is 29.7 Å². The van der Waals surface area contributed by atoms with Crippen LogP contribution >= 0.6 is 11.6 Å². The van der Waals surface area contributed by atoms with Crippen molar-refractivity contribution in [2.24, 2.45) is 0 Å². The number of carbonyl (C=O) groups is 2. The maximum Gasteiger partial charge on any atom is 0.340 e. The van der Waals surface area contributed by atoms with Crippen LogP contribution in [0.1, 0.15) is 28.9 Å². The maximum atomic E-state index is 13.2. The lowest BCUT2D eigenvalue weighted by Gasteiger charge is -2.15. The van der Waals surface area contributed by atoms with E-state index in [1.54, 1.807) is 25.1 Å². The van der Waals surface area contributed by atoms with Crippen LogP contribution in [0.5, 0.6) is 11.5 Å². The first kappa shape index (κ1) is 18.9. The molecule has 3 rings (SSSR count). The third kappa shape index (κ3) is 4.28. The number of ether oxygens (including phenoxy) is 3. The van der Waals surface area contributed by atoms with Crippen LogP contribution in [0.3, 0.4) is 0 Å². The zero-order chi connectivity index (χ0) is 19.6. The van der Waals surface area contributed by atoms with E-state index in [4.69, 9.17) is 25.8 Å². The molecule has 0 fully saturated rings. The molecule has 0 aliphatic carbocycles. The summed E-state index contributed by atoms with van der Waals surface area (Å²) in [5, 5.41) is 2.34. The summed E-state index contributed by atoms with van der Waals surface area (Å²) in [5.41, 5.74) is 0.398. The molecule has 2 aromatic rings. The SMILES string of the molecule is CC(NC(=O)COC(=O)c1cc(F)c(F)cc1Cl)c1ccc2c(c1)OCO2. The van der Waals surface area contributed by atoms with Crippen LogP contribution < -0.4 is 14.8 Å². The largest absolute Gasteiger partial charge is 0.454 e. The lowest BCUT2D eigenvalue weighted by atomic mass is 10.1. The molecular weight excluding hydrogens is 384 g/mol. The van der Waals surface area contributed by atoms with Crippen molar-refractivity contribution in [3.8, 4) is 11.5 Å². The van der Waals surface area contributed by atoms with Crippen LogP contribution in [0.4, 0.5) is 8.78 Å². The van der Waals surface area contributed by atoms with Crippen LogP contribution in [-0.4, -0.2) is 25.3 Å². The molecule has 1 N–H and O–H groups in total. The van der Waals surface area contributed by atoms with E-state index in [0.717, 1.165) is 5.56 Å². The topological polar surface area (TPSA) is 73.9 Å². The number of carbonyl (C=O) groups excluding carboxylic acids is 2. The van der Waals surface area contributed by atoms with Gasteiger partial charge in [-0.25, -0.2) is 13.6 Å². The van der Waals surface area contributed by atoms with Gasteiger partial charge in [0.2, 0.25) is 6.79 Å². The Morgan fingerprint density at radius 2 is 1.89 bits per heavy atom. The molecule has 0 saturated heterocycles. The lowest BCUT2D eigenvalue weighted by Crippen LogP contribution is -2.31. The van der Waals surface area contributed by atoms with Crippen molar-refractivity contribution < 1.29 is 32.6 Å². The number of rotatable bonds is 5. The van der Waals surface area contributed by atoms with Crippen LogP contribution in [0, 0.1) is 11.6 Å². The molecule has 0 spiro atoms. The molecule has 0 radical (unpaired) electrons. The van der Waals surface area contributed by atoms with Crippen LogP contribution in [-0.2, 0) is 9.53 Å². The first-order valence-corrected chi connectivity index (χ1v) is 8.23. The molecule has 0 aromatic heterocycles. The number of esters is 1. The van der Waals surface area contributed by atoms with Crippen molar-refractivity contribution in [3.05, 3.63) is 58.1 Å². The average Bonchev–Trinajstić information content (AvgIpc) is 3.10. The van der Waals surface area contributed by atoms with Crippen molar-refractivity contribution in [3.63, 3.8) is 0 Å². The highest BCUT2D eigenvalue weighted by Crippen LogP contribution is 2.34. The summed E-state index contributed by atoms with van der Waals surface area (Å²) in [4.78, 5) is 23.9. The van der Waals surface area contributed by atoms with Crippen molar-refractivity contribution in [1.29, 1.82) is 0 Å². The van der Waals surface area contributed by atoms with E-state index >= 15 is 0 Å². The molecule has 1 unspecified atom stereocenters. The molecule has 0 saturated carbocycles. The van der Waals surface area contributed by atoms with Crippen LogP contribution in [0.15, 0.2) is 30.3 Å². The van der Waals surface area contributed by atoms with Gasteiger partial charge in [-0.1, -0.05) is 17.7 Å². The molecule has 0 bridgehead atoms. The van der Waals surface area contributed by atoms with Gasteiger partial charge < -0.3 is 19.5 Å². The summed E-state index contributed by atoms with van der Waals surface area (Å²) in [6.07, 6.45) is 0. The molecule has 1 amide bonds. The molecule has 142 valence electrons. The van der Waals surface area contributed by atoms with Gasteiger partial charge in [0.25, 0.3) is 5.91 Å². The summed E-state index contributed by atoms with van der Waals surface area (Å²) in [5.74, 6) is -2.85. The number of amides is 1. The lowest BCUT2D eigenvalue weighted by molar-refractivity contribution is -0.124. The quantitative estimate of drug-likeness (QED) is 0.618. The van der Waals surface area contributed by atoms with E-state index < -0.39 is 36.2 Å². The normalized spacial score (nSPS) is 13.2. The summed E-state index contributed by atoms with van der Waals surface area (Å²) in [6.45, 7) is 1.27. The van der Waals surface area contributed by atoms with Gasteiger partial charge in [-0.15, -0.1) is 0 Å². The second kappa shape index (κ2) is 7.79. The highest BCUT2D eigenvalue weighted by Gasteiger charge is 2.19. The molecule has 27 heavy (non-hydrogen) atoms. The number of fused-ring (bicyclic) bond motifs is 1. The summed E-state index contributed by atoms with van der Waals surface area (Å²) in [7, 11) is 0. The molecule has 6 nitrogen and oxygen atoms in total. The van der Waals surface area contributed by atoms with Crippen LogP contribution in [0.2, 0.25) is 5.02 Å². The monoisotopic (exact) mass is 397 g/mol. The Morgan fingerprint density at radius 1 is 1.19 bits per heavy atom. The number of halogens is 3. The van der Waals surface area contributed by atoms with E-state index in [-0.39, 0.29) is 17.4 Å². The van der Waals surface area contributed by atoms with Crippen molar-refractivity contribution >= 4 is 23.5 Å². The number of hydrogen-bond acceptors (Lipinski definition) is 5. The van der Waals surface area contributed by atoms with Gasteiger partial charge in [-0.3, -0.25) is 4.79 Å². The Labute approximate surface area is 158 Å². The Morgan fingerprint density at radius 3 is 2.67 bits per heavy atom. The fourth-order valence-electron chi connectivity index (χ4n) is 2.44. The first-order chi connectivity index (χ1) is 12.8. The molecule has 9 heteroatoms. The smallest absolute Gasteiger partial charge is 0.340 e. The van der Waals surface area contributed by atoms with E-state index in [1.165, 1.54) is 0 Å². The number of nitrogens with one attached hydrogen (secondary N) is 1. The Hall–Kier alpha value is -2.87. The van der Waals surface area contributed by atoms with E-state index in [0.29, 0.717) is 23.6 Å².